The third kappa shape index (κ3) is 4.91. The summed E-state index contributed by atoms with van der Waals surface area (Å²) in [5.74, 6) is -0.341. The molecular weight excluding hydrogens is 462 g/mol. The van der Waals surface area contributed by atoms with Crippen molar-refractivity contribution in [1.29, 1.82) is 0 Å². The van der Waals surface area contributed by atoms with Gasteiger partial charge in [0, 0.05) is 23.6 Å². The molecule has 0 unspecified atom stereocenters. The van der Waals surface area contributed by atoms with E-state index < -0.39 is 14.9 Å². The summed E-state index contributed by atoms with van der Waals surface area (Å²) >= 11 is 1.26. The Morgan fingerprint density at radius 2 is 1.85 bits per heavy atom. The minimum atomic E-state index is -4.15. The van der Waals surface area contributed by atoms with Crippen molar-refractivity contribution in [3.05, 3.63) is 85.8 Å². The first-order chi connectivity index (χ1) is 15.8. The number of nitrogens with one attached hydrogen (secondary N) is 2. The van der Waals surface area contributed by atoms with E-state index in [0.29, 0.717) is 24.1 Å². The zero-order valence-electron chi connectivity index (χ0n) is 18.0. The van der Waals surface area contributed by atoms with Gasteiger partial charge in [0.15, 0.2) is 0 Å². The van der Waals surface area contributed by atoms with Crippen LogP contribution in [0.15, 0.2) is 53.4 Å². The van der Waals surface area contributed by atoms with Crippen LogP contribution in [0.4, 0.5) is 10.7 Å². The van der Waals surface area contributed by atoms with E-state index in [9.17, 15) is 23.3 Å². The fourth-order valence-electron chi connectivity index (χ4n) is 3.91. The first-order valence-corrected chi connectivity index (χ1v) is 12.8. The molecule has 1 heterocycles. The second-order valence-electron chi connectivity index (χ2n) is 7.90. The van der Waals surface area contributed by atoms with Crippen molar-refractivity contribution in [3.8, 4) is 0 Å². The summed E-state index contributed by atoms with van der Waals surface area (Å²) in [6.45, 7) is 1.89. The minimum Gasteiger partial charge on any atom is -0.348 e. The van der Waals surface area contributed by atoms with E-state index in [1.807, 2.05) is 30.3 Å². The smallest absolute Gasteiger partial charge is 0.270 e. The fourth-order valence-corrected chi connectivity index (χ4v) is 6.77. The van der Waals surface area contributed by atoms with Gasteiger partial charge in [-0.25, -0.2) is 8.42 Å². The van der Waals surface area contributed by atoms with Crippen molar-refractivity contribution >= 4 is 38.0 Å². The van der Waals surface area contributed by atoms with E-state index in [2.05, 4.69) is 10.0 Å². The molecule has 10 heteroatoms. The summed E-state index contributed by atoms with van der Waals surface area (Å²) in [5, 5.41) is 14.3. The molecule has 33 heavy (non-hydrogen) atoms. The summed E-state index contributed by atoms with van der Waals surface area (Å²) in [6, 6.07) is 13.2. The standard InChI is InChI=1S/C23H23N3O5S2/c1-15-11-12-17(26(28)29)13-20(15)33(30,31)25-23-21(18-9-5-6-10-19(18)32-23)22(27)24-14-16-7-3-2-4-8-16/h2-4,7-8,11-13,25H,5-6,9-10,14H2,1H3,(H,24,27). The highest BCUT2D eigenvalue weighted by atomic mass is 32.2. The molecule has 1 aliphatic rings. The van der Waals surface area contributed by atoms with Gasteiger partial charge in [0.2, 0.25) is 0 Å². The Bertz CT molecular complexity index is 1320. The molecule has 0 radical (unpaired) electrons. The summed E-state index contributed by atoms with van der Waals surface area (Å²) in [4.78, 5) is 24.5. The highest BCUT2D eigenvalue weighted by molar-refractivity contribution is 7.93. The van der Waals surface area contributed by atoms with Crippen LogP contribution >= 0.6 is 11.3 Å². The number of nitro benzene ring substituents is 1. The van der Waals surface area contributed by atoms with Crippen molar-refractivity contribution in [2.45, 2.75) is 44.0 Å². The first-order valence-electron chi connectivity index (χ1n) is 10.5. The maximum Gasteiger partial charge on any atom is 0.270 e. The number of nitrogens with zero attached hydrogens (tertiary/aromatic N) is 1. The van der Waals surface area contributed by atoms with Crippen LogP contribution in [0.25, 0.3) is 0 Å². The number of fused-ring (bicyclic) bond motifs is 1. The molecule has 4 rings (SSSR count). The zero-order chi connectivity index (χ0) is 23.6. The van der Waals surface area contributed by atoms with Crippen molar-refractivity contribution in [3.63, 3.8) is 0 Å². The summed E-state index contributed by atoms with van der Waals surface area (Å²) in [5.41, 5.74) is 2.23. The second kappa shape index (κ2) is 9.32. The normalized spacial score (nSPS) is 13.2. The zero-order valence-corrected chi connectivity index (χ0v) is 19.6. The fraction of sp³-hybridized carbons (Fsp3) is 0.261. The first kappa shape index (κ1) is 22.9. The lowest BCUT2D eigenvalue weighted by Crippen LogP contribution is -2.25. The van der Waals surface area contributed by atoms with Gasteiger partial charge in [0.1, 0.15) is 5.00 Å². The number of sulfonamides is 1. The lowest BCUT2D eigenvalue weighted by molar-refractivity contribution is -0.385. The lowest BCUT2D eigenvalue weighted by atomic mass is 9.95. The van der Waals surface area contributed by atoms with Gasteiger partial charge in [0.25, 0.3) is 21.6 Å². The summed E-state index contributed by atoms with van der Waals surface area (Å²) in [7, 11) is -4.15. The maximum atomic E-state index is 13.2. The number of benzene rings is 2. The number of hydrogen-bond acceptors (Lipinski definition) is 6. The highest BCUT2D eigenvalue weighted by Gasteiger charge is 2.29. The van der Waals surface area contributed by atoms with Gasteiger partial charge in [-0.3, -0.25) is 19.6 Å². The Morgan fingerprint density at radius 1 is 1.12 bits per heavy atom. The van der Waals surface area contributed by atoms with E-state index in [0.717, 1.165) is 41.3 Å². The molecule has 0 spiro atoms. The van der Waals surface area contributed by atoms with E-state index in [1.165, 1.54) is 23.5 Å². The molecule has 0 bridgehead atoms. The second-order valence-corrected chi connectivity index (χ2v) is 10.7. The third-order valence-electron chi connectivity index (χ3n) is 5.59. The summed E-state index contributed by atoms with van der Waals surface area (Å²) < 4.78 is 29.0. The van der Waals surface area contributed by atoms with Crippen LogP contribution in [0, 0.1) is 17.0 Å². The number of rotatable bonds is 7. The topological polar surface area (TPSA) is 118 Å². The molecule has 172 valence electrons. The van der Waals surface area contributed by atoms with Crippen LogP contribution in [0.5, 0.6) is 0 Å². The van der Waals surface area contributed by atoms with Crippen LogP contribution in [0.2, 0.25) is 0 Å². The Morgan fingerprint density at radius 3 is 2.58 bits per heavy atom. The molecule has 0 atom stereocenters. The van der Waals surface area contributed by atoms with Crippen molar-refractivity contribution < 1.29 is 18.1 Å². The van der Waals surface area contributed by atoms with E-state index in [4.69, 9.17) is 0 Å². The molecule has 0 aliphatic heterocycles. The molecule has 1 aliphatic carbocycles. The number of thiophene rings is 1. The maximum absolute atomic E-state index is 13.2. The van der Waals surface area contributed by atoms with Crippen LogP contribution in [-0.4, -0.2) is 19.2 Å². The van der Waals surface area contributed by atoms with E-state index >= 15 is 0 Å². The SMILES string of the molecule is Cc1ccc([N+](=O)[O-])cc1S(=O)(=O)Nc1sc2c(c1C(=O)NCc1ccccc1)CCCC2. The van der Waals surface area contributed by atoms with Gasteiger partial charge < -0.3 is 5.32 Å². The number of aryl methyl sites for hydroxylation is 2. The molecule has 0 saturated carbocycles. The predicted molar refractivity (Wildman–Crippen MR) is 127 cm³/mol. The van der Waals surface area contributed by atoms with Gasteiger partial charge in [-0.1, -0.05) is 36.4 Å². The molecule has 1 aromatic heterocycles. The molecule has 0 saturated heterocycles. The van der Waals surface area contributed by atoms with Gasteiger partial charge in [-0.05, 0) is 49.3 Å². The highest BCUT2D eigenvalue weighted by Crippen LogP contribution is 2.39. The van der Waals surface area contributed by atoms with E-state index in [1.54, 1.807) is 6.92 Å². The summed E-state index contributed by atoms with van der Waals surface area (Å²) in [6.07, 6.45) is 3.40. The quantitative estimate of drug-likeness (QED) is 0.375. The molecule has 3 aromatic rings. The third-order valence-corrected chi connectivity index (χ3v) is 8.42. The van der Waals surface area contributed by atoms with Gasteiger partial charge in [0.05, 0.1) is 15.4 Å². The minimum absolute atomic E-state index is 0.182. The molecule has 8 nitrogen and oxygen atoms in total. The number of nitro groups is 1. The largest absolute Gasteiger partial charge is 0.348 e. The monoisotopic (exact) mass is 485 g/mol. The Hall–Kier alpha value is -3.24. The van der Waals surface area contributed by atoms with Crippen LogP contribution in [0.3, 0.4) is 0 Å². The number of carbonyl (C=O) groups is 1. The number of carbonyl (C=O) groups excluding carboxylic acids is 1. The van der Waals surface area contributed by atoms with Crippen LogP contribution < -0.4 is 10.0 Å². The molecular formula is C23H23N3O5S2. The van der Waals surface area contributed by atoms with Crippen molar-refractivity contribution in [1.82, 2.24) is 5.32 Å². The number of anilines is 1. The molecule has 2 N–H and O–H groups in total. The van der Waals surface area contributed by atoms with Gasteiger partial charge in [-0.15, -0.1) is 11.3 Å². The van der Waals surface area contributed by atoms with Gasteiger partial charge >= 0.3 is 0 Å². The lowest BCUT2D eigenvalue weighted by Gasteiger charge is -2.14. The van der Waals surface area contributed by atoms with E-state index in [-0.39, 0.29) is 21.5 Å². The number of amides is 1. The van der Waals surface area contributed by atoms with Crippen LogP contribution in [0.1, 0.15) is 44.8 Å². The number of hydrogen-bond donors (Lipinski definition) is 2. The Balaban J connectivity index is 1.68. The van der Waals surface area contributed by atoms with Crippen LogP contribution in [-0.2, 0) is 29.4 Å². The Labute approximate surface area is 195 Å². The molecule has 1 amide bonds. The average molecular weight is 486 g/mol. The predicted octanol–water partition coefficient (Wildman–Crippen LogP) is 4.57. The van der Waals surface area contributed by atoms with Crippen molar-refractivity contribution in [2.24, 2.45) is 0 Å². The molecule has 0 fully saturated rings. The van der Waals surface area contributed by atoms with Gasteiger partial charge in [-0.2, -0.15) is 0 Å². The van der Waals surface area contributed by atoms with Crippen molar-refractivity contribution in [2.75, 3.05) is 4.72 Å². The number of non-ortho nitro benzene ring substituents is 1. The molecule has 2 aromatic carbocycles. The Kier molecular flexibility index (Phi) is 6.48. The average Bonchev–Trinajstić information content (AvgIpc) is 3.15.